The molecule has 2 N–H and O–H groups in total. The minimum Gasteiger partial charge on any atom is -0.431 e. The number of nitrogens with zero attached hydrogens (tertiary/aromatic N) is 1. The highest BCUT2D eigenvalue weighted by atomic mass is 16.8. The zero-order chi connectivity index (χ0) is 23.2. The maximum absolute atomic E-state index is 12.1. The smallest absolute Gasteiger partial charge is 0.431 e. The standard InChI is InChI=1S/C27H44N2O4/c1-17(29-33-25(31)32-16-19-5-4-14-28-19)22-8-9-23-21-7-6-18-15-20(30)10-12-26(18,2)24(21)11-13-27(22,23)3/h18-24,28,30H,4-16H2,1-3H3/b29-17+/t18-,19?,20-,21-,22+,23-,24-,26-,27+/m0/s1. The Morgan fingerprint density at radius 2 is 1.82 bits per heavy atom. The molecule has 9 atom stereocenters. The predicted octanol–water partition coefficient (Wildman–Crippen LogP) is 5.29. The van der Waals surface area contributed by atoms with Gasteiger partial charge in [-0.3, -0.25) is 4.84 Å². The van der Waals surface area contributed by atoms with E-state index in [1.54, 1.807) is 0 Å². The second kappa shape index (κ2) is 9.14. The van der Waals surface area contributed by atoms with Crippen molar-refractivity contribution in [2.45, 2.75) is 104 Å². The van der Waals surface area contributed by atoms with Crippen LogP contribution in [-0.4, -0.2) is 42.3 Å². The van der Waals surface area contributed by atoms with Gasteiger partial charge < -0.3 is 15.2 Å². The molecule has 0 aromatic carbocycles. The third-order valence-corrected chi connectivity index (χ3v) is 11.0. The highest BCUT2D eigenvalue weighted by Gasteiger charge is 2.60. The van der Waals surface area contributed by atoms with Gasteiger partial charge in [0, 0.05) is 12.0 Å². The van der Waals surface area contributed by atoms with E-state index in [0.717, 1.165) is 62.1 Å². The molecule has 5 fully saturated rings. The molecule has 0 radical (unpaired) electrons. The number of hydrogen-bond donors (Lipinski definition) is 2. The maximum Gasteiger partial charge on any atom is 0.535 e. The van der Waals surface area contributed by atoms with E-state index >= 15 is 0 Å². The summed E-state index contributed by atoms with van der Waals surface area (Å²) >= 11 is 0. The monoisotopic (exact) mass is 460 g/mol. The van der Waals surface area contributed by atoms with Crippen LogP contribution in [0.3, 0.4) is 0 Å². The molecule has 0 bridgehead atoms. The molecule has 1 unspecified atom stereocenters. The SMILES string of the molecule is C/C(=N\OC(=O)OCC1CCCN1)[C@H]1CC[C@H]2[C@@H]3CC[C@H]4C[C@@H](O)CC[C@]4(C)[C@H]3CC[C@]12C. The van der Waals surface area contributed by atoms with Crippen LogP contribution in [0.15, 0.2) is 5.16 Å². The fourth-order valence-electron chi connectivity index (χ4n) is 9.19. The average molecular weight is 461 g/mol. The van der Waals surface area contributed by atoms with Crippen molar-refractivity contribution in [2.75, 3.05) is 13.2 Å². The molecule has 1 heterocycles. The number of oxime groups is 1. The van der Waals surface area contributed by atoms with E-state index in [4.69, 9.17) is 9.57 Å². The number of hydrogen-bond acceptors (Lipinski definition) is 6. The lowest BCUT2D eigenvalue weighted by Gasteiger charge is -2.61. The molecule has 186 valence electrons. The van der Waals surface area contributed by atoms with Crippen molar-refractivity contribution < 1.29 is 19.5 Å². The van der Waals surface area contributed by atoms with Crippen molar-refractivity contribution in [2.24, 2.45) is 45.6 Å². The van der Waals surface area contributed by atoms with Crippen molar-refractivity contribution in [3.8, 4) is 0 Å². The van der Waals surface area contributed by atoms with Crippen LogP contribution in [0.5, 0.6) is 0 Å². The van der Waals surface area contributed by atoms with Gasteiger partial charge in [0.1, 0.15) is 6.61 Å². The lowest BCUT2D eigenvalue weighted by atomic mass is 9.44. The van der Waals surface area contributed by atoms with Gasteiger partial charge in [-0.15, -0.1) is 0 Å². The van der Waals surface area contributed by atoms with E-state index < -0.39 is 6.16 Å². The molecule has 6 nitrogen and oxygen atoms in total. The fourth-order valence-corrected chi connectivity index (χ4v) is 9.19. The molecule has 33 heavy (non-hydrogen) atoms. The van der Waals surface area contributed by atoms with Crippen molar-refractivity contribution in [1.29, 1.82) is 0 Å². The van der Waals surface area contributed by atoms with Crippen LogP contribution in [0.4, 0.5) is 4.79 Å². The predicted molar refractivity (Wildman–Crippen MR) is 128 cm³/mol. The molecule has 0 aromatic rings. The molecule has 0 amide bonds. The first-order chi connectivity index (χ1) is 15.8. The van der Waals surface area contributed by atoms with Crippen LogP contribution in [-0.2, 0) is 9.57 Å². The summed E-state index contributed by atoms with van der Waals surface area (Å²) in [5.41, 5.74) is 1.61. The van der Waals surface area contributed by atoms with E-state index in [9.17, 15) is 9.90 Å². The Bertz CT molecular complexity index is 765. The van der Waals surface area contributed by atoms with E-state index in [1.165, 1.54) is 38.5 Å². The molecule has 5 rings (SSSR count). The van der Waals surface area contributed by atoms with E-state index in [2.05, 4.69) is 24.3 Å². The Hall–Kier alpha value is -1.14. The Kier molecular flexibility index (Phi) is 6.54. The van der Waals surface area contributed by atoms with Crippen LogP contribution in [0.2, 0.25) is 0 Å². The topological polar surface area (TPSA) is 80.2 Å². The molecule has 1 saturated heterocycles. The highest BCUT2D eigenvalue weighted by Crippen LogP contribution is 2.67. The summed E-state index contributed by atoms with van der Waals surface area (Å²) < 4.78 is 5.26. The Balaban J connectivity index is 1.22. The summed E-state index contributed by atoms with van der Waals surface area (Å²) in [4.78, 5) is 17.2. The van der Waals surface area contributed by atoms with Gasteiger partial charge in [0.15, 0.2) is 0 Å². The van der Waals surface area contributed by atoms with Crippen LogP contribution < -0.4 is 5.32 Å². The minimum atomic E-state index is -0.683. The van der Waals surface area contributed by atoms with Crippen molar-refractivity contribution in [3.05, 3.63) is 0 Å². The summed E-state index contributed by atoms with van der Waals surface area (Å²) in [6.07, 6.45) is 12.1. The van der Waals surface area contributed by atoms with E-state index in [1.807, 2.05) is 6.92 Å². The van der Waals surface area contributed by atoms with Gasteiger partial charge in [0.2, 0.25) is 0 Å². The first-order valence-corrected chi connectivity index (χ1v) is 13.6. The number of carbonyl (C=O) groups excluding carboxylic acids is 1. The van der Waals surface area contributed by atoms with Crippen molar-refractivity contribution >= 4 is 11.9 Å². The third-order valence-electron chi connectivity index (χ3n) is 11.0. The number of aliphatic hydroxyl groups is 1. The normalized spacial score (nSPS) is 47.4. The Labute approximate surface area is 199 Å². The fraction of sp³-hybridized carbons (Fsp3) is 0.926. The Morgan fingerprint density at radius 3 is 2.61 bits per heavy atom. The van der Waals surface area contributed by atoms with Gasteiger partial charge in [-0.2, -0.15) is 0 Å². The van der Waals surface area contributed by atoms with Crippen LogP contribution in [0.25, 0.3) is 0 Å². The van der Waals surface area contributed by atoms with E-state index in [0.29, 0.717) is 23.9 Å². The summed E-state index contributed by atoms with van der Waals surface area (Å²) in [7, 11) is 0. The summed E-state index contributed by atoms with van der Waals surface area (Å²) in [6.45, 7) is 8.41. The average Bonchev–Trinajstić information content (AvgIpc) is 3.44. The molecule has 5 aliphatic rings. The van der Waals surface area contributed by atoms with Gasteiger partial charge in [-0.05, 0) is 119 Å². The third kappa shape index (κ3) is 4.24. The van der Waals surface area contributed by atoms with Gasteiger partial charge in [-0.1, -0.05) is 19.0 Å². The second-order valence-electron chi connectivity index (χ2n) is 12.4. The molecule has 1 aliphatic heterocycles. The van der Waals surface area contributed by atoms with Crippen LogP contribution >= 0.6 is 0 Å². The quantitative estimate of drug-likeness (QED) is 0.258. The first kappa shape index (κ1) is 23.6. The highest BCUT2D eigenvalue weighted by molar-refractivity contribution is 5.85. The van der Waals surface area contributed by atoms with E-state index in [-0.39, 0.29) is 17.6 Å². The number of carbonyl (C=O) groups is 1. The number of ether oxygens (including phenoxy) is 1. The van der Waals surface area contributed by atoms with Gasteiger partial charge in [0.05, 0.1) is 11.8 Å². The molecule has 0 spiro atoms. The maximum atomic E-state index is 12.1. The van der Waals surface area contributed by atoms with Crippen LogP contribution in [0, 0.1) is 40.4 Å². The summed E-state index contributed by atoms with van der Waals surface area (Å²) in [5.74, 6) is 3.41. The number of aliphatic hydroxyl groups excluding tert-OH is 1. The Morgan fingerprint density at radius 1 is 1.03 bits per heavy atom. The van der Waals surface area contributed by atoms with Crippen molar-refractivity contribution in [1.82, 2.24) is 5.32 Å². The van der Waals surface area contributed by atoms with Gasteiger partial charge in [0.25, 0.3) is 0 Å². The second-order valence-corrected chi connectivity index (χ2v) is 12.4. The molecule has 4 saturated carbocycles. The molecular formula is C27H44N2O4. The number of fused-ring (bicyclic) bond motifs is 5. The van der Waals surface area contributed by atoms with Gasteiger partial charge >= 0.3 is 6.16 Å². The molecule has 6 heteroatoms. The minimum absolute atomic E-state index is 0.0793. The number of nitrogens with one attached hydrogen (secondary N) is 1. The number of rotatable bonds is 4. The first-order valence-electron chi connectivity index (χ1n) is 13.6. The molecule has 0 aromatic heterocycles. The summed E-state index contributed by atoms with van der Waals surface area (Å²) in [6, 6.07) is 0.247. The largest absolute Gasteiger partial charge is 0.535 e. The zero-order valence-electron chi connectivity index (χ0n) is 20.9. The lowest BCUT2D eigenvalue weighted by molar-refractivity contribution is -0.123. The van der Waals surface area contributed by atoms with Gasteiger partial charge in [-0.25, -0.2) is 4.79 Å². The lowest BCUT2D eigenvalue weighted by Crippen LogP contribution is -2.54. The molecule has 4 aliphatic carbocycles. The van der Waals surface area contributed by atoms with Crippen molar-refractivity contribution in [3.63, 3.8) is 0 Å². The molecular weight excluding hydrogens is 416 g/mol. The van der Waals surface area contributed by atoms with Crippen LogP contribution in [0.1, 0.15) is 91.4 Å². The summed E-state index contributed by atoms with van der Waals surface area (Å²) in [5, 5.41) is 17.9. The zero-order valence-corrected chi connectivity index (χ0v) is 20.9.